The van der Waals surface area contributed by atoms with Crippen LogP contribution in [0.4, 0.5) is 0 Å². The summed E-state index contributed by atoms with van der Waals surface area (Å²) in [6, 6.07) is 18.1. The normalized spacial score (nSPS) is 17.2. The first kappa shape index (κ1) is 21.3. The molecule has 4 rings (SSSR count). The Morgan fingerprint density at radius 1 is 1.16 bits per heavy atom. The number of hydrogen-bond acceptors (Lipinski definition) is 5. The topological polar surface area (TPSA) is 45.7 Å². The first-order chi connectivity index (χ1) is 15.1. The zero-order chi connectivity index (χ0) is 21.6. The van der Waals surface area contributed by atoms with Crippen molar-refractivity contribution in [3.05, 3.63) is 87.9 Å². The number of ether oxygens (including phenoxy) is 1. The van der Waals surface area contributed by atoms with Crippen LogP contribution in [0.15, 0.2) is 66.1 Å². The number of thiazole rings is 1. The summed E-state index contributed by atoms with van der Waals surface area (Å²) in [7, 11) is 2.10. The van der Waals surface area contributed by atoms with Gasteiger partial charge in [-0.1, -0.05) is 42.5 Å². The van der Waals surface area contributed by atoms with Crippen molar-refractivity contribution in [1.29, 1.82) is 0 Å². The summed E-state index contributed by atoms with van der Waals surface area (Å²) in [5, 5.41) is 3.05. The Hall–Kier alpha value is -2.96. The molecule has 1 aromatic heterocycles. The summed E-state index contributed by atoms with van der Waals surface area (Å²) in [5.41, 5.74) is 3.08. The molecular formula is C25H27N3O2S. The molecule has 0 saturated carbocycles. The molecule has 2 heterocycles. The summed E-state index contributed by atoms with van der Waals surface area (Å²) in [4.78, 5) is 21.6. The van der Waals surface area contributed by atoms with Crippen LogP contribution < -0.4 is 4.74 Å². The lowest BCUT2D eigenvalue weighted by Gasteiger charge is -2.39. The molecule has 3 aromatic rings. The Kier molecular flexibility index (Phi) is 6.79. The van der Waals surface area contributed by atoms with Crippen LogP contribution in [0.5, 0.6) is 5.75 Å². The highest BCUT2D eigenvalue weighted by atomic mass is 32.1. The average molecular weight is 434 g/mol. The molecule has 2 aromatic carbocycles. The van der Waals surface area contributed by atoms with Gasteiger partial charge in [0.15, 0.2) is 0 Å². The number of benzene rings is 2. The van der Waals surface area contributed by atoms with E-state index in [2.05, 4.69) is 29.1 Å². The average Bonchev–Trinajstić information content (AvgIpc) is 3.22. The molecule has 1 unspecified atom stereocenters. The lowest BCUT2D eigenvalue weighted by Crippen LogP contribution is -2.48. The smallest absolute Gasteiger partial charge is 0.247 e. The van der Waals surface area contributed by atoms with Crippen molar-refractivity contribution in [1.82, 2.24) is 14.8 Å². The number of rotatable bonds is 6. The van der Waals surface area contributed by atoms with Crippen LogP contribution in [0.2, 0.25) is 0 Å². The molecular weight excluding hydrogens is 406 g/mol. The third-order valence-electron chi connectivity index (χ3n) is 5.40. The second-order valence-electron chi connectivity index (χ2n) is 7.77. The van der Waals surface area contributed by atoms with Gasteiger partial charge in [-0.15, -0.1) is 11.3 Å². The molecule has 31 heavy (non-hydrogen) atoms. The van der Waals surface area contributed by atoms with Crippen LogP contribution in [0.1, 0.15) is 27.9 Å². The largest absolute Gasteiger partial charge is 0.487 e. The maximum Gasteiger partial charge on any atom is 0.247 e. The van der Waals surface area contributed by atoms with E-state index >= 15 is 0 Å². The molecule has 0 N–H and O–H groups in total. The van der Waals surface area contributed by atoms with Crippen LogP contribution >= 0.6 is 11.3 Å². The second-order valence-corrected chi connectivity index (χ2v) is 8.83. The SMILES string of the molecule is Cc1nc(COc2ccc(C=CC(=O)N3CCN(C)CC3c3ccccc3)cc2)cs1. The van der Waals surface area contributed by atoms with E-state index in [1.807, 2.05) is 65.7 Å². The van der Waals surface area contributed by atoms with Crippen molar-refractivity contribution in [2.24, 2.45) is 0 Å². The maximum atomic E-state index is 13.0. The van der Waals surface area contributed by atoms with E-state index in [-0.39, 0.29) is 11.9 Å². The number of carbonyl (C=O) groups excluding carboxylic acids is 1. The zero-order valence-corrected chi connectivity index (χ0v) is 18.7. The van der Waals surface area contributed by atoms with Gasteiger partial charge in [0.25, 0.3) is 0 Å². The number of carbonyl (C=O) groups is 1. The van der Waals surface area contributed by atoms with Crippen molar-refractivity contribution >= 4 is 23.3 Å². The first-order valence-corrected chi connectivity index (χ1v) is 11.3. The van der Waals surface area contributed by atoms with E-state index in [9.17, 15) is 4.79 Å². The number of piperazine rings is 1. The van der Waals surface area contributed by atoms with Crippen molar-refractivity contribution in [3.63, 3.8) is 0 Å². The molecule has 1 aliphatic rings. The van der Waals surface area contributed by atoms with Gasteiger partial charge < -0.3 is 14.5 Å². The molecule has 1 atom stereocenters. The van der Waals surface area contributed by atoms with Crippen LogP contribution in [0.25, 0.3) is 6.08 Å². The summed E-state index contributed by atoms with van der Waals surface area (Å²) < 4.78 is 5.79. The molecule has 1 saturated heterocycles. The predicted molar refractivity (Wildman–Crippen MR) is 125 cm³/mol. The van der Waals surface area contributed by atoms with Gasteiger partial charge in [-0.25, -0.2) is 4.98 Å². The minimum absolute atomic E-state index is 0.0428. The van der Waals surface area contributed by atoms with E-state index in [0.717, 1.165) is 41.6 Å². The molecule has 1 amide bonds. The Bertz CT molecular complexity index is 1030. The van der Waals surface area contributed by atoms with E-state index in [0.29, 0.717) is 6.61 Å². The molecule has 160 valence electrons. The van der Waals surface area contributed by atoms with Crippen LogP contribution in [0, 0.1) is 6.92 Å². The standard InChI is InChI=1S/C25H27N3O2S/c1-19-26-22(18-31-19)17-30-23-11-8-20(9-12-23)10-13-25(29)28-15-14-27(2)16-24(28)21-6-4-3-5-7-21/h3-13,18,24H,14-17H2,1-2H3. The quantitative estimate of drug-likeness (QED) is 0.535. The highest BCUT2D eigenvalue weighted by Crippen LogP contribution is 2.25. The molecule has 6 heteroatoms. The Labute approximate surface area is 187 Å². The number of nitrogens with zero attached hydrogens (tertiary/aromatic N) is 3. The van der Waals surface area contributed by atoms with Gasteiger partial charge in [-0.2, -0.15) is 0 Å². The van der Waals surface area contributed by atoms with Crippen molar-refractivity contribution in [2.75, 3.05) is 26.7 Å². The summed E-state index contributed by atoms with van der Waals surface area (Å²) in [6.07, 6.45) is 3.55. The molecule has 0 aliphatic carbocycles. The molecule has 0 bridgehead atoms. The Morgan fingerprint density at radius 2 is 1.94 bits per heavy atom. The van der Waals surface area contributed by atoms with Gasteiger partial charge in [0.2, 0.25) is 5.91 Å². The fourth-order valence-corrected chi connectivity index (χ4v) is 4.31. The highest BCUT2D eigenvalue weighted by molar-refractivity contribution is 7.09. The number of likely N-dealkylation sites (N-methyl/N-ethyl adjacent to an activating group) is 1. The molecule has 0 spiro atoms. The minimum Gasteiger partial charge on any atom is -0.487 e. The monoisotopic (exact) mass is 433 g/mol. The van der Waals surface area contributed by atoms with E-state index in [1.54, 1.807) is 17.4 Å². The van der Waals surface area contributed by atoms with Crippen molar-refractivity contribution in [3.8, 4) is 5.75 Å². The van der Waals surface area contributed by atoms with E-state index in [4.69, 9.17) is 4.74 Å². The number of hydrogen-bond donors (Lipinski definition) is 0. The van der Waals surface area contributed by atoms with Crippen molar-refractivity contribution in [2.45, 2.75) is 19.6 Å². The minimum atomic E-state index is 0.0428. The predicted octanol–water partition coefficient (Wildman–Crippen LogP) is 4.56. The van der Waals surface area contributed by atoms with Gasteiger partial charge in [0.05, 0.1) is 16.7 Å². The fraction of sp³-hybridized carbons (Fsp3) is 0.280. The van der Waals surface area contributed by atoms with Crippen LogP contribution in [0.3, 0.4) is 0 Å². The number of aromatic nitrogens is 1. The third-order valence-corrected chi connectivity index (χ3v) is 6.22. The molecule has 0 radical (unpaired) electrons. The van der Waals surface area contributed by atoms with Crippen LogP contribution in [-0.4, -0.2) is 47.4 Å². The second kappa shape index (κ2) is 9.90. The van der Waals surface area contributed by atoms with Crippen LogP contribution in [-0.2, 0) is 11.4 Å². The molecule has 1 aliphatic heterocycles. The summed E-state index contributed by atoms with van der Waals surface area (Å²) in [6.45, 7) is 4.90. The first-order valence-electron chi connectivity index (χ1n) is 10.4. The van der Waals surface area contributed by atoms with Gasteiger partial charge in [-0.05, 0) is 43.3 Å². The summed E-state index contributed by atoms with van der Waals surface area (Å²) in [5.74, 6) is 0.832. The van der Waals surface area contributed by atoms with Gasteiger partial charge in [-0.3, -0.25) is 4.79 Å². The third kappa shape index (κ3) is 5.60. The van der Waals surface area contributed by atoms with E-state index < -0.39 is 0 Å². The highest BCUT2D eigenvalue weighted by Gasteiger charge is 2.28. The number of amides is 1. The zero-order valence-electron chi connectivity index (χ0n) is 17.9. The Balaban J connectivity index is 1.38. The lowest BCUT2D eigenvalue weighted by atomic mass is 10.0. The summed E-state index contributed by atoms with van der Waals surface area (Å²) >= 11 is 1.62. The number of aryl methyl sites for hydroxylation is 1. The van der Waals surface area contributed by atoms with Gasteiger partial charge >= 0.3 is 0 Å². The fourth-order valence-electron chi connectivity index (χ4n) is 3.71. The van der Waals surface area contributed by atoms with Gasteiger partial charge in [0, 0.05) is 31.1 Å². The van der Waals surface area contributed by atoms with Crippen molar-refractivity contribution < 1.29 is 9.53 Å². The van der Waals surface area contributed by atoms with Gasteiger partial charge in [0.1, 0.15) is 12.4 Å². The lowest BCUT2D eigenvalue weighted by molar-refractivity contribution is -0.130. The Morgan fingerprint density at radius 3 is 2.65 bits per heavy atom. The van der Waals surface area contributed by atoms with E-state index in [1.165, 1.54) is 5.56 Å². The maximum absolute atomic E-state index is 13.0. The molecule has 5 nitrogen and oxygen atoms in total. The molecule has 1 fully saturated rings.